The molecule has 158 valence electrons. The number of benzene rings is 2. The summed E-state index contributed by atoms with van der Waals surface area (Å²) in [5.74, 6) is 2.13. The fourth-order valence-corrected chi connectivity index (χ4v) is 3.37. The van der Waals surface area contributed by atoms with Gasteiger partial charge in [-0.2, -0.15) is 0 Å². The molecule has 8 nitrogen and oxygen atoms in total. The van der Waals surface area contributed by atoms with E-state index in [0.29, 0.717) is 65.4 Å². The average molecular weight is 432 g/mol. The number of rotatable bonds is 8. The zero-order valence-corrected chi connectivity index (χ0v) is 17.4. The number of halogens is 1. The molecule has 4 rings (SSSR count). The average Bonchev–Trinajstić information content (AvgIpc) is 2.74. The van der Waals surface area contributed by atoms with Crippen molar-refractivity contribution in [3.63, 3.8) is 0 Å². The van der Waals surface area contributed by atoms with Gasteiger partial charge in [-0.3, -0.25) is 0 Å². The van der Waals surface area contributed by atoms with Gasteiger partial charge in [-0.25, -0.2) is 9.97 Å². The molecule has 9 heteroatoms. The Balaban J connectivity index is 1.79. The molecular weight excluding hydrogens is 410 g/mol. The molecule has 1 aliphatic rings. The highest BCUT2D eigenvalue weighted by Crippen LogP contribution is 2.47. The quantitative estimate of drug-likeness (QED) is 0.538. The molecule has 1 N–H and O–H groups in total. The van der Waals surface area contributed by atoms with E-state index in [4.69, 9.17) is 35.3 Å². The van der Waals surface area contributed by atoms with Crippen LogP contribution in [-0.2, 0) is 9.47 Å². The highest BCUT2D eigenvalue weighted by Gasteiger charge is 2.29. The summed E-state index contributed by atoms with van der Waals surface area (Å²) in [6.07, 6.45) is 1.23. The predicted molar refractivity (Wildman–Crippen MR) is 113 cm³/mol. The minimum Gasteiger partial charge on any atom is -0.487 e. The summed E-state index contributed by atoms with van der Waals surface area (Å²) in [5, 5.41) is 4.61. The van der Waals surface area contributed by atoms with Crippen molar-refractivity contribution in [2.24, 2.45) is 0 Å². The molecule has 3 aromatic rings. The second-order valence-electron chi connectivity index (χ2n) is 6.63. The van der Waals surface area contributed by atoms with Gasteiger partial charge in [0.2, 0.25) is 5.75 Å². The number of nitrogens with zero attached hydrogens (tertiary/aromatic N) is 2. The van der Waals surface area contributed by atoms with Crippen LogP contribution >= 0.6 is 11.6 Å². The van der Waals surface area contributed by atoms with Crippen molar-refractivity contribution in [2.45, 2.75) is 6.10 Å². The van der Waals surface area contributed by atoms with Crippen molar-refractivity contribution in [3.05, 3.63) is 41.7 Å². The van der Waals surface area contributed by atoms with Crippen molar-refractivity contribution < 1.29 is 23.7 Å². The second kappa shape index (κ2) is 9.34. The maximum atomic E-state index is 6.15. The third kappa shape index (κ3) is 4.35. The van der Waals surface area contributed by atoms with Crippen LogP contribution in [0.3, 0.4) is 0 Å². The summed E-state index contributed by atoms with van der Waals surface area (Å²) in [4.78, 5) is 8.82. The Morgan fingerprint density at radius 3 is 2.83 bits per heavy atom. The van der Waals surface area contributed by atoms with Crippen LogP contribution in [-0.4, -0.2) is 56.7 Å². The van der Waals surface area contributed by atoms with Crippen molar-refractivity contribution in [3.8, 4) is 17.2 Å². The summed E-state index contributed by atoms with van der Waals surface area (Å²) >= 11 is 6.12. The fraction of sp³-hybridized carbons (Fsp3) is 0.333. The standard InChI is InChI=1S/C21H22ClN3O5/c1-26-6-7-28-17-9-16-18(20-19(17)30-15(10-27-2)11-29-20)21(24-12-23-16)25-14-5-3-4-13(22)8-14/h3-5,8-9,12,15H,6-7,10-11H2,1-2H3,(H,23,24,25). The predicted octanol–water partition coefficient (Wildman–Crippen LogP) is 3.84. The van der Waals surface area contributed by atoms with Crippen molar-refractivity contribution >= 4 is 34.0 Å². The summed E-state index contributed by atoms with van der Waals surface area (Å²) in [5.41, 5.74) is 1.46. The van der Waals surface area contributed by atoms with E-state index >= 15 is 0 Å². The molecule has 0 bridgehead atoms. The van der Waals surface area contributed by atoms with Gasteiger partial charge in [0, 0.05) is 31.0 Å². The van der Waals surface area contributed by atoms with Crippen LogP contribution in [0.4, 0.5) is 11.5 Å². The van der Waals surface area contributed by atoms with E-state index in [2.05, 4.69) is 15.3 Å². The first kappa shape index (κ1) is 20.5. The van der Waals surface area contributed by atoms with E-state index in [1.54, 1.807) is 14.2 Å². The topological polar surface area (TPSA) is 84.0 Å². The molecule has 0 saturated carbocycles. The van der Waals surface area contributed by atoms with Gasteiger partial charge < -0.3 is 29.0 Å². The number of anilines is 2. The Labute approximate surface area is 179 Å². The third-order valence-corrected chi connectivity index (χ3v) is 4.72. The number of hydrogen-bond acceptors (Lipinski definition) is 8. The lowest BCUT2D eigenvalue weighted by atomic mass is 10.1. The van der Waals surface area contributed by atoms with Crippen LogP contribution in [0.5, 0.6) is 17.2 Å². The molecule has 1 unspecified atom stereocenters. The Hall–Kier alpha value is -2.81. The smallest absolute Gasteiger partial charge is 0.205 e. The molecule has 0 aliphatic carbocycles. The highest BCUT2D eigenvalue weighted by atomic mass is 35.5. The Morgan fingerprint density at radius 2 is 2.03 bits per heavy atom. The molecule has 0 radical (unpaired) electrons. The molecule has 0 saturated heterocycles. The Kier molecular flexibility index (Phi) is 6.37. The molecule has 0 fully saturated rings. The van der Waals surface area contributed by atoms with E-state index in [0.717, 1.165) is 5.69 Å². The lowest BCUT2D eigenvalue weighted by Crippen LogP contribution is -2.33. The van der Waals surface area contributed by atoms with Crippen molar-refractivity contribution in [2.75, 3.05) is 46.0 Å². The van der Waals surface area contributed by atoms with Crippen LogP contribution in [0, 0.1) is 0 Å². The first-order chi connectivity index (χ1) is 14.7. The minimum atomic E-state index is -0.251. The van der Waals surface area contributed by atoms with Crippen LogP contribution in [0.25, 0.3) is 10.9 Å². The van der Waals surface area contributed by atoms with E-state index < -0.39 is 0 Å². The number of ether oxygens (including phenoxy) is 5. The van der Waals surface area contributed by atoms with Gasteiger partial charge in [0.05, 0.1) is 24.1 Å². The van der Waals surface area contributed by atoms with Gasteiger partial charge in [-0.05, 0) is 18.2 Å². The molecule has 1 aliphatic heterocycles. The van der Waals surface area contributed by atoms with Crippen LogP contribution in [0.1, 0.15) is 0 Å². The Bertz CT molecular complexity index is 1030. The SMILES string of the molecule is COCCOc1cc2ncnc(Nc3cccc(Cl)c3)c2c2c1OC(COC)CO2. The van der Waals surface area contributed by atoms with Crippen molar-refractivity contribution in [1.29, 1.82) is 0 Å². The number of aromatic nitrogens is 2. The molecular formula is C21H22ClN3O5. The summed E-state index contributed by atoms with van der Waals surface area (Å²) in [6, 6.07) is 9.20. The largest absolute Gasteiger partial charge is 0.487 e. The van der Waals surface area contributed by atoms with Crippen LogP contribution in [0.2, 0.25) is 5.02 Å². The summed E-state index contributed by atoms with van der Waals surface area (Å²) in [6.45, 7) is 1.54. The maximum absolute atomic E-state index is 6.15. The molecule has 30 heavy (non-hydrogen) atoms. The normalized spacial score (nSPS) is 15.2. The number of fused-ring (bicyclic) bond motifs is 3. The van der Waals surface area contributed by atoms with E-state index in [9.17, 15) is 0 Å². The van der Waals surface area contributed by atoms with Gasteiger partial charge in [0.25, 0.3) is 0 Å². The van der Waals surface area contributed by atoms with E-state index in [1.807, 2.05) is 30.3 Å². The van der Waals surface area contributed by atoms with Gasteiger partial charge in [-0.15, -0.1) is 0 Å². The lowest BCUT2D eigenvalue weighted by Gasteiger charge is -2.28. The minimum absolute atomic E-state index is 0.251. The Morgan fingerprint density at radius 1 is 1.13 bits per heavy atom. The lowest BCUT2D eigenvalue weighted by molar-refractivity contribution is 0.0249. The fourth-order valence-electron chi connectivity index (χ4n) is 3.18. The van der Waals surface area contributed by atoms with E-state index in [-0.39, 0.29) is 6.10 Å². The number of hydrogen-bond donors (Lipinski definition) is 1. The maximum Gasteiger partial charge on any atom is 0.205 e. The molecule has 0 amide bonds. The van der Waals surface area contributed by atoms with Gasteiger partial charge in [0.1, 0.15) is 25.4 Å². The highest BCUT2D eigenvalue weighted by molar-refractivity contribution is 6.30. The molecule has 0 spiro atoms. The second-order valence-corrected chi connectivity index (χ2v) is 7.07. The molecule has 2 aromatic carbocycles. The first-order valence-electron chi connectivity index (χ1n) is 9.44. The number of nitrogens with one attached hydrogen (secondary N) is 1. The van der Waals surface area contributed by atoms with E-state index in [1.165, 1.54) is 6.33 Å². The van der Waals surface area contributed by atoms with Crippen LogP contribution in [0.15, 0.2) is 36.7 Å². The molecule has 1 atom stereocenters. The molecule has 2 heterocycles. The third-order valence-electron chi connectivity index (χ3n) is 4.48. The van der Waals surface area contributed by atoms with Gasteiger partial charge in [0.15, 0.2) is 17.6 Å². The first-order valence-corrected chi connectivity index (χ1v) is 9.82. The molecule has 1 aromatic heterocycles. The number of methoxy groups -OCH3 is 2. The monoisotopic (exact) mass is 431 g/mol. The van der Waals surface area contributed by atoms with Crippen LogP contribution < -0.4 is 19.5 Å². The zero-order chi connectivity index (χ0) is 20.9. The summed E-state index contributed by atoms with van der Waals surface area (Å²) < 4.78 is 28.4. The van der Waals surface area contributed by atoms with Crippen molar-refractivity contribution in [1.82, 2.24) is 9.97 Å². The van der Waals surface area contributed by atoms with Gasteiger partial charge in [-0.1, -0.05) is 17.7 Å². The van der Waals surface area contributed by atoms with Gasteiger partial charge >= 0.3 is 0 Å². The summed E-state index contributed by atoms with van der Waals surface area (Å²) in [7, 11) is 3.24. The zero-order valence-electron chi connectivity index (χ0n) is 16.7.